The minimum atomic E-state index is 0.472. The number of rotatable bonds is 5. The van der Waals surface area contributed by atoms with Crippen LogP contribution in [0.1, 0.15) is 39.5 Å². The van der Waals surface area contributed by atoms with Gasteiger partial charge < -0.3 is 4.90 Å². The van der Waals surface area contributed by atoms with Crippen LogP contribution in [0.2, 0.25) is 0 Å². The number of alkyl halides is 1. The fourth-order valence-corrected chi connectivity index (χ4v) is 2.53. The molecule has 1 saturated carbocycles. The molecule has 1 fully saturated rings. The first-order chi connectivity index (χ1) is 6.13. The van der Waals surface area contributed by atoms with Crippen LogP contribution in [-0.4, -0.2) is 29.9 Å². The van der Waals surface area contributed by atoms with E-state index in [1.165, 1.54) is 32.2 Å². The Bertz CT molecular complexity index is 143. The Morgan fingerprint density at radius 3 is 2.54 bits per heavy atom. The van der Waals surface area contributed by atoms with Crippen LogP contribution < -0.4 is 0 Å². The van der Waals surface area contributed by atoms with Gasteiger partial charge in [0, 0.05) is 18.0 Å². The Hall–Kier alpha value is 0.250. The van der Waals surface area contributed by atoms with Gasteiger partial charge in [-0.15, -0.1) is 11.6 Å². The van der Waals surface area contributed by atoms with Crippen LogP contribution in [0.25, 0.3) is 0 Å². The highest BCUT2D eigenvalue weighted by Gasteiger charge is 2.28. The molecule has 0 spiro atoms. The molecule has 1 atom stereocenters. The Morgan fingerprint density at radius 2 is 2.08 bits per heavy atom. The van der Waals surface area contributed by atoms with E-state index in [1.807, 2.05) is 0 Å². The van der Waals surface area contributed by atoms with E-state index in [1.54, 1.807) is 0 Å². The molecule has 0 saturated heterocycles. The first-order valence-corrected chi connectivity index (χ1v) is 5.91. The van der Waals surface area contributed by atoms with Crippen LogP contribution in [-0.2, 0) is 0 Å². The molecule has 0 aromatic rings. The predicted molar refractivity (Wildman–Crippen MR) is 59.4 cm³/mol. The predicted octanol–water partition coefficient (Wildman–Crippen LogP) is 3.12. The highest BCUT2D eigenvalue weighted by molar-refractivity contribution is 6.21. The molecule has 0 aliphatic heterocycles. The molecule has 1 aliphatic rings. The molecule has 1 unspecified atom stereocenters. The van der Waals surface area contributed by atoms with Gasteiger partial charge in [0.05, 0.1) is 0 Å². The summed E-state index contributed by atoms with van der Waals surface area (Å²) in [4.78, 5) is 2.48. The number of halogens is 1. The Labute approximate surface area is 87.4 Å². The molecular formula is C11H22ClN. The third kappa shape index (κ3) is 3.47. The van der Waals surface area contributed by atoms with Gasteiger partial charge in [-0.3, -0.25) is 0 Å². The van der Waals surface area contributed by atoms with E-state index in [-0.39, 0.29) is 0 Å². The van der Waals surface area contributed by atoms with Gasteiger partial charge >= 0.3 is 0 Å². The molecule has 2 heteroatoms. The van der Waals surface area contributed by atoms with Gasteiger partial charge in [-0.1, -0.05) is 13.3 Å². The zero-order chi connectivity index (χ0) is 9.84. The smallest absolute Gasteiger partial charge is 0.0342 e. The minimum Gasteiger partial charge on any atom is -0.303 e. The van der Waals surface area contributed by atoms with Gasteiger partial charge in [-0.2, -0.15) is 0 Å². The van der Waals surface area contributed by atoms with Crippen molar-refractivity contribution in [2.45, 2.75) is 50.9 Å². The summed E-state index contributed by atoms with van der Waals surface area (Å²) < 4.78 is 0. The molecule has 0 radical (unpaired) electrons. The van der Waals surface area contributed by atoms with Gasteiger partial charge in [-0.25, -0.2) is 0 Å². The van der Waals surface area contributed by atoms with E-state index in [9.17, 15) is 0 Å². The van der Waals surface area contributed by atoms with Crippen LogP contribution >= 0.6 is 11.6 Å². The summed E-state index contributed by atoms with van der Waals surface area (Å²) in [5.41, 5.74) is 0. The Kier molecular flexibility index (Phi) is 4.54. The topological polar surface area (TPSA) is 3.24 Å². The molecule has 0 bridgehead atoms. The maximum Gasteiger partial charge on any atom is 0.0342 e. The molecular weight excluding hydrogens is 182 g/mol. The molecule has 78 valence electrons. The van der Waals surface area contributed by atoms with Crippen LogP contribution in [0.3, 0.4) is 0 Å². The van der Waals surface area contributed by atoms with Gasteiger partial charge in [-0.05, 0) is 39.2 Å². The third-order valence-electron chi connectivity index (χ3n) is 3.18. The van der Waals surface area contributed by atoms with Crippen molar-refractivity contribution in [3.05, 3.63) is 0 Å². The van der Waals surface area contributed by atoms with Gasteiger partial charge in [0.15, 0.2) is 0 Å². The van der Waals surface area contributed by atoms with Crippen molar-refractivity contribution in [2.24, 2.45) is 5.92 Å². The summed E-state index contributed by atoms with van der Waals surface area (Å²) in [6.45, 7) is 5.81. The monoisotopic (exact) mass is 203 g/mol. The van der Waals surface area contributed by atoms with Crippen LogP contribution in [0, 0.1) is 5.92 Å². The average Bonchev–Trinajstić information content (AvgIpc) is 2.02. The van der Waals surface area contributed by atoms with Crippen molar-refractivity contribution >= 4 is 11.6 Å². The molecule has 0 aromatic heterocycles. The van der Waals surface area contributed by atoms with Gasteiger partial charge in [0.25, 0.3) is 0 Å². The maximum absolute atomic E-state index is 5.95. The largest absolute Gasteiger partial charge is 0.303 e. The van der Waals surface area contributed by atoms with E-state index >= 15 is 0 Å². The highest BCUT2D eigenvalue weighted by Crippen LogP contribution is 2.32. The molecule has 0 aromatic carbocycles. The molecule has 0 N–H and O–H groups in total. The lowest BCUT2D eigenvalue weighted by Crippen LogP contribution is -2.38. The minimum absolute atomic E-state index is 0.472. The summed E-state index contributed by atoms with van der Waals surface area (Å²) in [7, 11) is 2.24. The quantitative estimate of drug-likeness (QED) is 0.621. The van der Waals surface area contributed by atoms with E-state index in [4.69, 9.17) is 11.6 Å². The lowest BCUT2D eigenvalue weighted by Gasteiger charge is -2.36. The zero-order valence-corrected chi connectivity index (χ0v) is 9.85. The molecule has 1 nitrogen and oxygen atoms in total. The SMILES string of the molecule is CCCC(C)N(C)CC1CC(Cl)C1. The van der Waals surface area contributed by atoms with Gasteiger partial charge in [0.1, 0.15) is 0 Å². The normalized spacial score (nSPS) is 30.2. The Balaban J connectivity index is 2.13. The van der Waals surface area contributed by atoms with Gasteiger partial charge in [0.2, 0.25) is 0 Å². The third-order valence-corrected chi connectivity index (χ3v) is 3.54. The van der Waals surface area contributed by atoms with Crippen molar-refractivity contribution in [1.82, 2.24) is 4.90 Å². The first-order valence-electron chi connectivity index (χ1n) is 5.47. The van der Waals surface area contributed by atoms with E-state index in [0.29, 0.717) is 5.38 Å². The zero-order valence-electron chi connectivity index (χ0n) is 9.09. The summed E-state index contributed by atoms with van der Waals surface area (Å²) >= 11 is 5.95. The fraction of sp³-hybridized carbons (Fsp3) is 1.00. The van der Waals surface area contributed by atoms with Crippen LogP contribution in [0.5, 0.6) is 0 Å². The van der Waals surface area contributed by atoms with Crippen molar-refractivity contribution < 1.29 is 0 Å². The summed E-state index contributed by atoms with van der Waals surface area (Å²) in [6, 6.07) is 0.736. The molecule has 0 heterocycles. The molecule has 1 aliphatic carbocycles. The van der Waals surface area contributed by atoms with Crippen molar-refractivity contribution in [2.75, 3.05) is 13.6 Å². The summed E-state index contributed by atoms with van der Waals surface area (Å²) in [6.07, 6.45) is 5.05. The lowest BCUT2D eigenvalue weighted by atomic mass is 9.84. The van der Waals surface area contributed by atoms with Crippen molar-refractivity contribution in [3.8, 4) is 0 Å². The van der Waals surface area contributed by atoms with E-state index in [0.717, 1.165) is 12.0 Å². The van der Waals surface area contributed by atoms with Crippen molar-refractivity contribution in [1.29, 1.82) is 0 Å². The number of nitrogens with zero attached hydrogens (tertiary/aromatic N) is 1. The Morgan fingerprint density at radius 1 is 1.46 bits per heavy atom. The van der Waals surface area contributed by atoms with E-state index < -0.39 is 0 Å². The first kappa shape index (κ1) is 11.3. The second-order valence-electron chi connectivity index (χ2n) is 4.51. The van der Waals surface area contributed by atoms with Crippen molar-refractivity contribution in [3.63, 3.8) is 0 Å². The summed E-state index contributed by atoms with van der Waals surface area (Å²) in [5, 5.41) is 0.472. The van der Waals surface area contributed by atoms with Crippen LogP contribution in [0.15, 0.2) is 0 Å². The fourth-order valence-electron chi connectivity index (χ4n) is 2.03. The number of hydrogen-bond acceptors (Lipinski definition) is 1. The molecule has 13 heavy (non-hydrogen) atoms. The second-order valence-corrected chi connectivity index (χ2v) is 5.13. The lowest BCUT2D eigenvalue weighted by molar-refractivity contribution is 0.166. The van der Waals surface area contributed by atoms with Crippen LogP contribution in [0.4, 0.5) is 0 Å². The number of hydrogen-bond donors (Lipinski definition) is 0. The highest BCUT2D eigenvalue weighted by atomic mass is 35.5. The van der Waals surface area contributed by atoms with E-state index in [2.05, 4.69) is 25.8 Å². The summed E-state index contributed by atoms with van der Waals surface area (Å²) in [5.74, 6) is 0.867. The average molecular weight is 204 g/mol. The maximum atomic E-state index is 5.95. The standard InChI is InChI=1S/C11H22ClN/c1-4-5-9(2)13(3)8-10-6-11(12)7-10/h9-11H,4-8H2,1-3H3. The second kappa shape index (κ2) is 5.21. The molecule has 0 amide bonds. The molecule has 1 rings (SSSR count).